The Morgan fingerprint density at radius 3 is 2.41 bits per heavy atom. The van der Waals surface area contributed by atoms with Gasteiger partial charge in [0.2, 0.25) is 0 Å². The molecular weight excluding hydrogens is 440 g/mol. The molecule has 0 aromatic heterocycles. The minimum atomic E-state index is -1.45. The van der Waals surface area contributed by atoms with E-state index >= 15 is 0 Å². The number of rotatable bonds is 8. The number of terminal acetylenes is 1. The summed E-state index contributed by atoms with van der Waals surface area (Å²) in [6, 6.07) is 24.5. The van der Waals surface area contributed by atoms with Gasteiger partial charge in [-0.2, -0.15) is 0 Å². The molecule has 34 heavy (non-hydrogen) atoms. The van der Waals surface area contributed by atoms with Crippen molar-refractivity contribution >= 4 is 11.8 Å². The van der Waals surface area contributed by atoms with Crippen LogP contribution in [0.15, 0.2) is 77.7 Å². The van der Waals surface area contributed by atoms with Crippen molar-refractivity contribution in [1.29, 1.82) is 0 Å². The molecule has 3 aromatic rings. The van der Waals surface area contributed by atoms with Gasteiger partial charge in [0.15, 0.2) is 5.79 Å². The van der Waals surface area contributed by atoms with Crippen LogP contribution in [0, 0.1) is 19.3 Å². The number of benzene rings is 3. The highest BCUT2D eigenvalue weighted by Gasteiger charge is 2.43. The van der Waals surface area contributed by atoms with E-state index in [1.807, 2.05) is 49.6 Å². The number of ether oxygens (including phenoxy) is 2. The zero-order chi connectivity index (χ0) is 24.0. The van der Waals surface area contributed by atoms with E-state index in [9.17, 15) is 5.11 Å². The minimum Gasteiger partial charge on any atom is -0.373 e. The van der Waals surface area contributed by atoms with Crippen molar-refractivity contribution in [3.05, 3.63) is 101 Å². The quantitative estimate of drug-likeness (QED) is 0.311. The molecule has 4 heteroatoms. The van der Waals surface area contributed by atoms with Gasteiger partial charge in [0.05, 0.1) is 18.8 Å². The van der Waals surface area contributed by atoms with E-state index in [1.54, 1.807) is 11.8 Å². The maximum absolute atomic E-state index is 11.9. The predicted molar refractivity (Wildman–Crippen MR) is 139 cm³/mol. The first-order valence-corrected chi connectivity index (χ1v) is 13.0. The lowest BCUT2D eigenvalue weighted by Crippen LogP contribution is -2.45. The third-order valence-corrected chi connectivity index (χ3v) is 7.22. The monoisotopic (exact) mass is 472 g/mol. The Kier molecular flexibility index (Phi) is 8.13. The first-order chi connectivity index (χ1) is 16.5. The second-order valence-electron chi connectivity index (χ2n) is 8.92. The van der Waals surface area contributed by atoms with E-state index in [0.29, 0.717) is 13.0 Å². The topological polar surface area (TPSA) is 38.7 Å². The number of thioether (sulfide) groups is 1. The van der Waals surface area contributed by atoms with E-state index in [1.165, 1.54) is 5.56 Å². The Labute approximate surface area is 207 Å². The van der Waals surface area contributed by atoms with Crippen LogP contribution < -0.4 is 0 Å². The van der Waals surface area contributed by atoms with Crippen LogP contribution in [0.5, 0.6) is 0 Å². The van der Waals surface area contributed by atoms with Crippen LogP contribution in [0.4, 0.5) is 0 Å². The fourth-order valence-corrected chi connectivity index (χ4v) is 5.31. The molecule has 1 aliphatic rings. The van der Waals surface area contributed by atoms with Gasteiger partial charge in [-0.1, -0.05) is 66.6 Å². The Morgan fingerprint density at radius 2 is 1.76 bits per heavy atom. The largest absolute Gasteiger partial charge is 0.373 e. The van der Waals surface area contributed by atoms with Gasteiger partial charge < -0.3 is 14.6 Å². The molecule has 1 fully saturated rings. The summed E-state index contributed by atoms with van der Waals surface area (Å²) in [5.74, 6) is 1.32. The van der Waals surface area contributed by atoms with Crippen LogP contribution in [0.25, 0.3) is 0 Å². The van der Waals surface area contributed by atoms with Crippen LogP contribution in [-0.2, 0) is 28.3 Å². The number of aliphatic hydroxyl groups is 1. The molecule has 0 bridgehead atoms. The molecule has 0 saturated carbocycles. The number of hydrogen-bond acceptors (Lipinski definition) is 4. The van der Waals surface area contributed by atoms with Gasteiger partial charge in [-0.15, -0.1) is 18.2 Å². The standard InChI is InChI=1S/C30H32O3S/c1-4-25-18-28(22(2)17-29(25)34-3)30(31)20-27(32-21-24-13-9-6-10-14-24)19-26(33-30)16-15-23-11-7-5-8-12-23/h1,5-14,17-18,26-27,31H,15-16,19-21H2,2-3H3/t26-,27+,30-/m1/s1. The summed E-state index contributed by atoms with van der Waals surface area (Å²) < 4.78 is 12.7. The van der Waals surface area contributed by atoms with E-state index < -0.39 is 5.79 Å². The Hall–Kier alpha value is -2.55. The van der Waals surface area contributed by atoms with Crippen molar-refractivity contribution in [1.82, 2.24) is 0 Å². The number of aryl methyl sites for hydroxylation is 2. The van der Waals surface area contributed by atoms with Crippen LogP contribution >= 0.6 is 11.8 Å². The summed E-state index contributed by atoms with van der Waals surface area (Å²) in [7, 11) is 0. The molecule has 0 aliphatic carbocycles. The molecular formula is C30H32O3S. The highest BCUT2D eigenvalue weighted by Crippen LogP contribution is 2.41. The predicted octanol–water partition coefficient (Wildman–Crippen LogP) is 6.24. The fraction of sp³-hybridized carbons (Fsp3) is 0.333. The second kappa shape index (κ2) is 11.3. The maximum atomic E-state index is 11.9. The van der Waals surface area contributed by atoms with Crippen molar-refractivity contribution in [2.45, 2.75) is 62.1 Å². The summed E-state index contributed by atoms with van der Waals surface area (Å²) in [6.45, 7) is 2.51. The average Bonchev–Trinajstić information content (AvgIpc) is 2.87. The highest BCUT2D eigenvalue weighted by molar-refractivity contribution is 7.98. The lowest BCUT2D eigenvalue weighted by atomic mass is 9.88. The van der Waals surface area contributed by atoms with Gasteiger partial charge >= 0.3 is 0 Å². The van der Waals surface area contributed by atoms with Gasteiger partial charge in [0.25, 0.3) is 0 Å². The lowest BCUT2D eigenvalue weighted by molar-refractivity contribution is -0.287. The molecule has 4 rings (SSSR count). The first-order valence-electron chi connectivity index (χ1n) is 11.8. The van der Waals surface area contributed by atoms with E-state index in [4.69, 9.17) is 15.9 Å². The van der Waals surface area contributed by atoms with Crippen LogP contribution in [-0.4, -0.2) is 23.6 Å². The van der Waals surface area contributed by atoms with Gasteiger partial charge in [-0.05, 0) is 54.8 Å². The smallest absolute Gasteiger partial charge is 0.195 e. The molecule has 0 spiro atoms. The van der Waals surface area contributed by atoms with Crippen molar-refractivity contribution in [3.63, 3.8) is 0 Å². The van der Waals surface area contributed by atoms with E-state index in [2.05, 4.69) is 42.3 Å². The summed E-state index contributed by atoms with van der Waals surface area (Å²) >= 11 is 1.61. The molecule has 0 radical (unpaired) electrons. The third-order valence-electron chi connectivity index (χ3n) is 6.44. The summed E-state index contributed by atoms with van der Waals surface area (Å²) in [4.78, 5) is 1.03. The van der Waals surface area contributed by atoms with Crippen LogP contribution in [0.1, 0.15) is 47.1 Å². The van der Waals surface area contributed by atoms with Gasteiger partial charge in [0.1, 0.15) is 0 Å². The average molecular weight is 473 g/mol. The zero-order valence-corrected chi connectivity index (χ0v) is 20.7. The molecule has 3 nitrogen and oxygen atoms in total. The summed E-state index contributed by atoms with van der Waals surface area (Å²) in [5.41, 5.74) is 4.86. The van der Waals surface area contributed by atoms with Gasteiger partial charge in [-0.3, -0.25) is 0 Å². The third kappa shape index (κ3) is 5.92. The SMILES string of the molecule is C#Cc1cc([C@@]2(O)C[C@@H](OCc3ccccc3)C[C@@H](CCc3ccccc3)O2)c(C)cc1SC. The van der Waals surface area contributed by atoms with Crippen LogP contribution in [0.2, 0.25) is 0 Å². The van der Waals surface area contributed by atoms with Gasteiger partial charge in [-0.25, -0.2) is 0 Å². The fourth-order valence-electron chi connectivity index (χ4n) is 4.68. The Balaban J connectivity index is 1.58. The molecule has 1 aliphatic heterocycles. The molecule has 3 atom stereocenters. The lowest BCUT2D eigenvalue weighted by Gasteiger charge is -2.42. The van der Waals surface area contributed by atoms with Crippen molar-refractivity contribution in [3.8, 4) is 12.3 Å². The molecule has 3 aromatic carbocycles. The van der Waals surface area contributed by atoms with Crippen LogP contribution in [0.3, 0.4) is 0 Å². The summed E-state index contributed by atoms with van der Waals surface area (Å²) in [5, 5.41) is 11.9. The van der Waals surface area contributed by atoms with Crippen molar-refractivity contribution in [2.24, 2.45) is 0 Å². The first kappa shape index (κ1) is 24.6. The van der Waals surface area contributed by atoms with Crippen molar-refractivity contribution in [2.75, 3.05) is 6.26 Å². The highest BCUT2D eigenvalue weighted by atomic mass is 32.2. The second-order valence-corrected chi connectivity index (χ2v) is 9.77. The number of hydrogen-bond donors (Lipinski definition) is 1. The molecule has 0 unspecified atom stereocenters. The molecule has 1 N–H and O–H groups in total. The summed E-state index contributed by atoms with van der Waals surface area (Å²) in [6.07, 6.45) is 10.3. The Morgan fingerprint density at radius 1 is 1.09 bits per heavy atom. The normalized spacial score (nSPS) is 22.3. The minimum absolute atomic E-state index is 0.131. The molecule has 1 heterocycles. The van der Waals surface area contributed by atoms with E-state index in [-0.39, 0.29) is 12.2 Å². The maximum Gasteiger partial charge on any atom is 0.195 e. The molecule has 1 saturated heterocycles. The van der Waals surface area contributed by atoms with Crippen molar-refractivity contribution < 1.29 is 14.6 Å². The zero-order valence-electron chi connectivity index (χ0n) is 19.9. The molecule has 0 amide bonds. The van der Waals surface area contributed by atoms with Gasteiger partial charge in [0, 0.05) is 28.9 Å². The van der Waals surface area contributed by atoms with E-state index in [0.717, 1.165) is 46.4 Å². The molecule has 176 valence electrons. The Bertz CT molecular complexity index is 1070.